The van der Waals surface area contributed by atoms with Crippen molar-refractivity contribution in [2.75, 3.05) is 42.3 Å². The standard InChI is InChI=1S/C24H27N5O2S/c30-22(25-19-8-10-20(11-9-19)28-13-15-31-16-14-28)12-17-32-24-27-26-23(18-6-7-18)29(24)21-4-2-1-3-5-21/h1-5,8-11,18H,6-7,12-17H2,(H,25,30). The second-order valence-electron chi connectivity index (χ2n) is 8.08. The van der Waals surface area contributed by atoms with Crippen LogP contribution in [0.3, 0.4) is 0 Å². The number of aromatic nitrogens is 3. The van der Waals surface area contributed by atoms with Gasteiger partial charge in [0.2, 0.25) is 5.91 Å². The smallest absolute Gasteiger partial charge is 0.225 e. The molecule has 32 heavy (non-hydrogen) atoms. The van der Waals surface area contributed by atoms with Gasteiger partial charge in [-0.3, -0.25) is 9.36 Å². The molecule has 1 amide bonds. The van der Waals surface area contributed by atoms with Gasteiger partial charge in [0.1, 0.15) is 5.82 Å². The van der Waals surface area contributed by atoms with Crippen molar-refractivity contribution in [3.63, 3.8) is 0 Å². The summed E-state index contributed by atoms with van der Waals surface area (Å²) < 4.78 is 7.55. The Balaban J connectivity index is 1.16. The Kier molecular flexibility index (Phi) is 6.41. The van der Waals surface area contributed by atoms with Crippen molar-refractivity contribution in [1.29, 1.82) is 0 Å². The summed E-state index contributed by atoms with van der Waals surface area (Å²) in [5.41, 5.74) is 3.06. The topological polar surface area (TPSA) is 72.3 Å². The molecule has 5 rings (SSSR count). The zero-order chi connectivity index (χ0) is 21.8. The molecule has 1 saturated heterocycles. The Morgan fingerprint density at radius 2 is 1.75 bits per heavy atom. The molecular weight excluding hydrogens is 422 g/mol. The molecule has 0 radical (unpaired) electrons. The van der Waals surface area contributed by atoms with E-state index in [9.17, 15) is 4.79 Å². The predicted molar refractivity (Wildman–Crippen MR) is 127 cm³/mol. The maximum absolute atomic E-state index is 12.5. The number of carbonyl (C=O) groups is 1. The van der Waals surface area contributed by atoms with Gasteiger partial charge in [-0.05, 0) is 49.2 Å². The summed E-state index contributed by atoms with van der Waals surface area (Å²) >= 11 is 1.58. The number of nitrogens with one attached hydrogen (secondary N) is 1. The normalized spacial score (nSPS) is 16.2. The molecule has 2 heterocycles. The molecule has 0 unspecified atom stereocenters. The first-order valence-corrected chi connectivity index (χ1v) is 12.1. The van der Waals surface area contributed by atoms with Crippen LogP contribution in [-0.4, -0.2) is 52.7 Å². The highest BCUT2D eigenvalue weighted by Gasteiger charge is 2.31. The molecule has 0 spiro atoms. The monoisotopic (exact) mass is 449 g/mol. The number of hydrogen-bond donors (Lipinski definition) is 1. The van der Waals surface area contributed by atoms with Gasteiger partial charge in [-0.25, -0.2) is 0 Å². The van der Waals surface area contributed by atoms with Gasteiger partial charge in [0.25, 0.3) is 0 Å². The summed E-state index contributed by atoms with van der Waals surface area (Å²) in [6, 6.07) is 18.2. The number of benzene rings is 2. The molecule has 0 atom stereocenters. The summed E-state index contributed by atoms with van der Waals surface area (Å²) in [7, 11) is 0. The van der Waals surface area contributed by atoms with E-state index in [4.69, 9.17) is 4.74 Å². The van der Waals surface area contributed by atoms with E-state index in [0.717, 1.165) is 54.3 Å². The third-order valence-corrected chi connectivity index (χ3v) is 6.63. The van der Waals surface area contributed by atoms with Crippen LogP contribution >= 0.6 is 11.8 Å². The first-order valence-electron chi connectivity index (χ1n) is 11.1. The lowest BCUT2D eigenvalue weighted by molar-refractivity contribution is -0.115. The number of para-hydroxylation sites is 1. The lowest BCUT2D eigenvalue weighted by atomic mass is 10.2. The first-order chi connectivity index (χ1) is 15.8. The van der Waals surface area contributed by atoms with E-state index in [0.29, 0.717) is 18.1 Å². The third-order valence-electron chi connectivity index (χ3n) is 5.70. The van der Waals surface area contributed by atoms with Crippen molar-refractivity contribution < 1.29 is 9.53 Å². The lowest BCUT2D eigenvalue weighted by Crippen LogP contribution is -2.36. The fourth-order valence-electron chi connectivity index (χ4n) is 3.84. The Bertz CT molecular complexity index is 1040. The zero-order valence-corrected chi connectivity index (χ0v) is 18.8. The number of ether oxygens (including phenoxy) is 1. The minimum Gasteiger partial charge on any atom is -0.378 e. The molecule has 0 bridgehead atoms. The quantitative estimate of drug-likeness (QED) is 0.522. The van der Waals surface area contributed by atoms with Gasteiger partial charge in [-0.2, -0.15) is 0 Å². The highest BCUT2D eigenvalue weighted by Crippen LogP contribution is 2.41. The van der Waals surface area contributed by atoms with E-state index in [2.05, 4.69) is 49.2 Å². The minimum atomic E-state index is 0.00446. The largest absolute Gasteiger partial charge is 0.378 e. The molecule has 1 saturated carbocycles. The molecule has 1 aliphatic heterocycles. The molecule has 1 aromatic heterocycles. The Hall–Kier alpha value is -2.84. The molecule has 7 nitrogen and oxygen atoms in total. The molecule has 2 aliphatic rings. The van der Waals surface area contributed by atoms with E-state index in [1.807, 2.05) is 30.3 Å². The van der Waals surface area contributed by atoms with Crippen LogP contribution in [0.25, 0.3) is 5.69 Å². The fraction of sp³-hybridized carbons (Fsp3) is 0.375. The van der Waals surface area contributed by atoms with Crippen molar-refractivity contribution >= 4 is 29.0 Å². The van der Waals surface area contributed by atoms with Gasteiger partial charge in [0.15, 0.2) is 5.16 Å². The highest BCUT2D eigenvalue weighted by molar-refractivity contribution is 7.99. The molecule has 3 aromatic rings. The summed E-state index contributed by atoms with van der Waals surface area (Å²) in [5.74, 6) is 2.18. The zero-order valence-electron chi connectivity index (χ0n) is 17.9. The van der Waals surface area contributed by atoms with E-state index in [1.54, 1.807) is 11.8 Å². The number of amides is 1. The number of rotatable bonds is 8. The average Bonchev–Trinajstić information content (AvgIpc) is 3.60. The van der Waals surface area contributed by atoms with Crippen LogP contribution in [0.2, 0.25) is 0 Å². The molecule has 2 aromatic carbocycles. The maximum atomic E-state index is 12.5. The first kappa shape index (κ1) is 21.0. The molecular formula is C24H27N5O2S. The van der Waals surface area contributed by atoms with Crippen molar-refractivity contribution in [3.8, 4) is 5.69 Å². The van der Waals surface area contributed by atoms with Crippen LogP contribution in [-0.2, 0) is 9.53 Å². The molecule has 2 fully saturated rings. The van der Waals surface area contributed by atoms with Crippen molar-refractivity contribution in [1.82, 2.24) is 14.8 Å². The Morgan fingerprint density at radius 3 is 2.47 bits per heavy atom. The van der Waals surface area contributed by atoms with Gasteiger partial charge in [0.05, 0.1) is 13.2 Å². The third kappa shape index (κ3) is 4.97. The number of nitrogens with zero attached hydrogens (tertiary/aromatic N) is 4. The van der Waals surface area contributed by atoms with Crippen molar-refractivity contribution in [2.45, 2.75) is 30.3 Å². The van der Waals surface area contributed by atoms with Crippen molar-refractivity contribution in [3.05, 3.63) is 60.4 Å². The number of thioether (sulfide) groups is 1. The highest BCUT2D eigenvalue weighted by atomic mass is 32.2. The van der Waals surface area contributed by atoms with Gasteiger partial charge in [0, 0.05) is 48.2 Å². The van der Waals surface area contributed by atoms with Crippen LogP contribution in [0.15, 0.2) is 59.8 Å². The summed E-state index contributed by atoms with van der Waals surface area (Å²) in [6.07, 6.45) is 2.75. The second-order valence-corrected chi connectivity index (χ2v) is 9.14. The van der Waals surface area contributed by atoms with Gasteiger partial charge < -0.3 is 15.0 Å². The van der Waals surface area contributed by atoms with Gasteiger partial charge in [-0.1, -0.05) is 30.0 Å². The predicted octanol–water partition coefficient (Wildman–Crippen LogP) is 4.10. The minimum absolute atomic E-state index is 0.00446. The lowest BCUT2D eigenvalue weighted by Gasteiger charge is -2.28. The number of morpholine rings is 1. The average molecular weight is 450 g/mol. The Labute approximate surface area is 192 Å². The maximum Gasteiger partial charge on any atom is 0.225 e. The van der Waals surface area contributed by atoms with E-state index >= 15 is 0 Å². The van der Waals surface area contributed by atoms with Crippen LogP contribution < -0.4 is 10.2 Å². The molecule has 1 aliphatic carbocycles. The molecule has 166 valence electrons. The van der Waals surface area contributed by atoms with E-state index in [1.165, 1.54) is 12.8 Å². The van der Waals surface area contributed by atoms with Gasteiger partial charge >= 0.3 is 0 Å². The van der Waals surface area contributed by atoms with Gasteiger partial charge in [-0.15, -0.1) is 10.2 Å². The number of carbonyl (C=O) groups excluding carboxylic acids is 1. The van der Waals surface area contributed by atoms with Crippen LogP contribution in [0.5, 0.6) is 0 Å². The molecule has 1 N–H and O–H groups in total. The summed E-state index contributed by atoms with van der Waals surface area (Å²) in [4.78, 5) is 14.8. The van der Waals surface area contributed by atoms with Crippen LogP contribution in [0.1, 0.15) is 31.0 Å². The van der Waals surface area contributed by atoms with Crippen molar-refractivity contribution in [2.24, 2.45) is 0 Å². The SMILES string of the molecule is O=C(CCSc1nnc(C2CC2)n1-c1ccccc1)Nc1ccc(N2CCOCC2)cc1. The second kappa shape index (κ2) is 9.75. The van der Waals surface area contributed by atoms with Crippen LogP contribution in [0, 0.1) is 0 Å². The molecule has 8 heteroatoms. The number of hydrogen-bond acceptors (Lipinski definition) is 6. The van der Waals surface area contributed by atoms with E-state index < -0.39 is 0 Å². The fourth-order valence-corrected chi connectivity index (χ4v) is 4.73. The Morgan fingerprint density at radius 1 is 1.00 bits per heavy atom. The van der Waals surface area contributed by atoms with E-state index in [-0.39, 0.29) is 5.91 Å². The van der Waals surface area contributed by atoms with Crippen LogP contribution in [0.4, 0.5) is 11.4 Å². The summed E-state index contributed by atoms with van der Waals surface area (Å²) in [6.45, 7) is 3.32. The number of anilines is 2. The summed E-state index contributed by atoms with van der Waals surface area (Å²) in [5, 5.41) is 12.7.